The van der Waals surface area contributed by atoms with E-state index in [-0.39, 0.29) is 11.9 Å². The van der Waals surface area contributed by atoms with Gasteiger partial charge in [0.2, 0.25) is 5.91 Å². The topological polar surface area (TPSA) is 29.1 Å². The van der Waals surface area contributed by atoms with Crippen molar-refractivity contribution in [1.29, 1.82) is 0 Å². The fourth-order valence-electron chi connectivity index (χ4n) is 1.49. The summed E-state index contributed by atoms with van der Waals surface area (Å²) in [5.41, 5.74) is 1.22. The SMILES string of the molecule is CSCC(=O)N[C@@H](C)Cc1ccccc1Br. The van der Waals surface area contributed by atoms with Crippen LogP contribution in [-0.4, -0.2) is 24.0 Å². The Hall–Kier alpha value is -0.480. The van der Waals surface area contributed by atoms with Crippen LogP contribution < -0.4 is 5.32 Å². The smallest absolute Gasteiger partial charge is 0.230 e. The van der Waals surface area contributed by atoms with E-state index in [1.165, 1.54) is 17.3 Å². The zero-order valence-electron chi connectivity index (χ0n) is 9.50. The van der Waals surface area contributed by atoms with E-state index in [0.717, 1.165) is 10.9 Å². The van der Waals surface area contributed by atoms with Gasteiger partial charge in [-0.2, -0.15) is 11.8 Å². The van der Waals surface area contributed by atoms with Gasteiger partial charge in [-0.25, -0.2) is 0 Å². The molecule has 0 unspecified atom stereocenters. The number of benzene rings is 1. The van der Waals surface area contributed by atoms with Crippen LogP contribution in [0.15, 0.2) is 28.7 Å². The van der Waals surface area contributed by atoms with E-state index < -0.39 is 0 Å². The Morgan fingerprint density at radius 1 is 1.50 bits per heavy atom. The highest BCUT2D eigenvalue weighted by molar-refractivity contribution is 9.10. The third-order valence-corrected chi connectivity index (χ3v) is 3.49. The number of nitrogens with one attached hydrogen (secondary N) is 1. The van der Waals surface area contributed by atoms with Crippen LogP contribution in [0.1, 0.15) is 12.5 Å². The van der Waals surface area contributed by atoms with Gasteiger partial charge in [0.1, 0.15) is 0 Å². The highest BCUT2D eigenvalue weighted by atomic mass is 79.9. The first-order valence-corrected chi connectivity index (χ1v) is 7.34. The zero-order valence-corrected chi connectivity index (χ0v) is 11.9. The molecule has 0 aliphatic carbocycles. The minimum absolute atomic E-state index is 0.104. The summed E-state index contributed by atoms with van der Waals surface area (Å²) in [7, 11) is 0. The summed E-state index contributed by atoms with van der Waals surface area (Å²) in [5.74, 6) is 0.632. The highest BCUT2D eigenvalue weighted by Crippen LogP contribution is 2.17. The monoisotopic (exact) mass is 301 g/mol. The normalized spacial score (nSPS) is 12.2. The Morgan fingerprint density at radius 3 is 2.81 bits per heavy atom. The number of hydrogen-bond acceptors (Lipinski definition) is 2. The molecule has 0 saturated heterocycles. The molecule has 1 N–H and O–H groups in total. The number of halogens is 1. The van der Waals surface area contributed by atoms with Crippen molar-refractivity contribution in [2.45, 2.75) is 19.4 Å². The van der Waals surface area contributed by atoms with Gasteiger partial charge in [-0.3, -0.25) is 4.79 Å². The first kappa shape index (κ1) is 13.6. The first-order chi connectivity index (χ1) is 7.63. The van der Waals surface area contributed by atoms with E-state index in [0.29, 0.717) is 5.75 Å². The maximum absolute atomic E-state index is 11.4. The molecule has 0 aliphatic heterocycles. The molecule has 0 fully saturated rings. The summed E-state index contributed by atoms with van der Waals surface area (Å²) in [6, 6.07) is 8.26. The molecule has 1 rings (SSSR count). The lowest BCUT2D eigenvalue weighted by Crippen LogP contribution is -2.35. The maximum Gasteiger partial charge on any atom is 0.230 e. The van der Waals surface area contributed by atoms with Crippen molar-refractivity contribution >= 4 is 33.6 Å². The molecule has 0 radical (unpaired) electrons. The molecule has 0 aliphatic rings. The number of thioether (sulfide) groups is 1. The molecule has 1 aromatic rings. The zero-order chi connectivity index (χ0) is 12.0. The minimum Gasteiger partial charge on any atom is -0.353 e. The number of rotatable bonds is 5. The van der Waals surface area contributed by atoms with E-state index >= 15 is 0 Å². The molecule has 16 heavy (non-hydrogen) atoms. The maximum atomic E-state index is 11.4. The summed E-state index contributed by atoms with van der Waals surface area (Å²) in [6.07, 6.45) is 2.78. The molecule has 0 saturated carbocycles. The fraction of sp³-hybridized carbons (Fsp3) is 0.417. The minimum atomic E-state index is 0.104. The Morgan fingerprint density at radius 2 is 2.19 bits per heavy atom. The number of hydrogen-bond donors (Lipinski definition) is 1. The van der Waals surface area contributed by atoms with Crippen molar-refractivity contribution < 1.29 is 4.79 Å². The molecular weight excluding hydrogens is 286 g/mol. The molecule has 1 amide bonds. The summed E-state index contributed by atoms with van der Waals surface area (Å²) in [6.45, 7) is 2.03. The van der Waals surface area contributed by atoms with E-state index in [4.69, 9.17) is 0 Å². The number of carbonyl (C=O) groups excluding carboxylic acids is 1. The summed E-state index contributed by atoms with van der Waals surface area (Å²) in [5, 5.41) is 2.98. The van der Waals surface area contributed by atoms with E-state index in [9.17, 15) is 4.79 Å². The van der Waals surface area contributed by atoms with Gasteiger partial charge in [0.15, 0.2) is 0 Å². The van der Waals surface area contributed by atoms with Gasteiger partial charge in [0, 0.05) is 10.5 Å². The van der Waals surface area contributed by atoms with Crippen molar-refractivity contribution in [3.8, 4) is 0 Å². The van der Waals surface area contributed by atoms with Gasteiger partial charge in [-0.05, 0) is 31.2 Å². The van der Waals surface area contributed by atoms with Crippen LogP contribution in [0.5, 0.6) is 0 Å². The second-order valence-electron chi connectivity index (χ2n) is 3.70. The van der Waals surface area contributed by atoms with Gasteiger partial charge >= 0.3 is 0 Å². The molecule has 2 nitrogen and oxygen atoms in total. The van der Waals surface area contributed by atoms with Crippen LogP contribution >= 0.6 is 27.7 Å². The Balaban J connectivity index is 2.48. The van der Waals surface area contributed by atoms with Crippen LogP contribution in [-0.2, 0) is 11.2 Å². The van der Waals surface area contributed by atoms with E-state index in [2.05, 4.69) is 27.3 Å². The Bertz CT molecular complexity index is 357. The Kier molecular flexibility index (Phi) is 5.91. The van der Waals surface area contributed by atoms with Crippen LogP contribution in [0.4, 0.5) is 0 Å². The molecule has 1 atom stereocenters. The lowest BCUT2D eigenvalue weighted by atomic mass is 10.1. The van der Waals surface area contributed by atoms with E-state index in [1.54, 1.807) is 0 Å². The highest BCUT2D eigenvalue weighted by Gasteiger charge is 2.08. The lowest BCUT2D eigenvalue weighted by molar-refractivity contribution is -0.119. The van der Waals surface area contributed by atoms with Gasteiger partial charge in [0.25, 0.3) is 0 Å². The summed E-state index contributed by atoms with van der Waals surface area (Å²) < 4.78 is 1.10. The molecule has 88 valence electrons. The first-order valence-electron chi connectivity index (χ1n) is 5.15. The predicted molar refractivity (Wildman–Crippen MR) is 73.8 cm³/mol. The molecule has 0 bridgehead atoms. The molecule has 4 heteroatoms. The van der Waals surface area contributed by atoms with E-state index in [1.807, 2.05) is 31.4 Å². The molecule has 0 heterocycles. The predicted octanol–water partition coefficient (Wildman–Crippen LogP) is 2.86. The standard InChI is InChI=1S/C12H16BrNOS/c1-9(14-12(15)8-16-2)7-10-5-3-4-6-11(10)13/h3-6,9H,7-8H2,1-2H3,(H,14,15)/t9-/m0/s1. The summed E-state index contributed by atoms with van der Waals surface area (Å²) >= 11 is 5.04. The number of amides is 1. The Labute approximate surface area is 109 Å². The summed E-state index contributed by atoms with van der Waals surface area (Å²) in [4.78, 5) is 11.4. The van der Waals surface area contributed by atoms with Crippen LogP contribution in [0.25, 0.3) is 0 Å². The fourth-order valence-corrected chi connectivity index (χ4v) is 2.28. The van der Waals surface area contributed by atoms with Crippen molar-refractivity contribution in [1.82, 2.24) is 5.32 Å². The van der Waals surface area contributed by atoms with Crippen LogP contribution in [0.3, 0.4) is 0 Å². The van der Waals surface area contributed by atoms with Gasteiger partial charge in [-0.15, -0.1) is 0 Å². The second-order valence-corrected chi connectivity index (χ2v) is 5.42. The van der Waals surface area contributed by atoms with Gasteiger partial charge in [0.05, 0.1) is 5.75 Å². The second kappa shape index (κ2) is 6.97. The van der Waals surface area contributed by atoms with Crippen LogP contribution in [0.2, 0.25) is 0 Å². The third kappa shape index (κ3) is 4.58. The average Bonchev–Trinajstić information content (AvgIpc) is 2.21. The molecular formula is C12H16BrNOS. The average molecular weight is 302 g/mol. The quantitative estimate of drug-likeness (QED) is 0.906. The van der Waals surface area contributed by atoms with Crippen molar-refractivity contribution in [2.24, 2.45) is 0 Å². The van der Waals surface area contributed by atoms with Crippen LogP contribution in [0, 0.1) is 0 Å². The van der Waals surface area contributed by atoms with Gasteiger partial charge in [-0.1, -0.05) is 34.1 Å². The number of carbonyl (C=O) groups is 1. The van der Waals surface area contributed by atoms with Crippen molar-refractivity contribution in [3.63, 3.8) is 0 Å². The molecule has 1 aromatic carbocycles. The third-order valence-electron chi connectivity index (χ3n) is 2.17. The van der Waals surface area contributed by atoms with Gasteiger partial charge < -0.3 is 5.32 Å². The van der Waals surface area contributed by atoms with Crippen molar-refractivity contribution in [3.05, 3.63) is 34.3 Å². The molecule has 0 spiro atoms. The largest absolute Gasteiger partial charge is 0.353 e. The lowest BCUT2D eigenvalue weighted by Gasteiger charge is -2.14. The van der Waals surface area contributed by atoms with Crippen molar-refractivity contribution in [2.75, 3.05) is 12.0 Å². The molecule has 0 aromatic heterocycles.